The van der Waals surface area contributed by atoms with E-state index in [1.165, 1.54) is 6.07 Å². The smallest absolute Gasteiger partial charge is 0.326 e. The Morgan fingerprint density at radius 3 is 2.61 bits per heavy atom. The van der Waals surface area contributed by atoms with Gasteiger partial charge in [-0.05, 0) is 24.3 Å². The molecule has 8 heteroatoms. The van der Waals surface area contributed by atoms with E-state index >= 15 is 0 Å². The Balaban J connectivity index is 1.84. The molecule has 6 nitrogen and oxygen atoms in total. The number of hydrogen-bond donors (Lipinski definition) is 2. The van der Waals surface area contributed by atoms with Crippen LogP contribution in [0.3, 0.4) is 0 Å². The van der Waals surface area contributed by atoms with E-state index in [4.69, 9.17) is 9.88 Å². The molecule has 1 unspecified atom stereocenters. The quantitative estimate of drug-likeness (QED) is 0.647. The number of carbonyl (C=O) groups is 1. The van der Waals surface area contributed by atoms with Crippen LogP contribution in [0.15, 0.2) is 58.3 Å². The van der Waals surface area contributed by atoms with Crippen molar-refractivity contribution in [2.24, 2.45) is 5.14 Å². The van der Waals surface area contributed by atoms with Crippen molar-refractivity contribution in [3.8, 4) is 5.75 Å². The zero-order valence-corrected chi connectivity index (χ0v) is 13.6. The Morgan fingerprint density at radius 2 is 1.91 bits per heavy atom. The summed E-state index contributed by atoms with van der Waals surface area (Å²) in [5.41, 5.74) is 0.644. The van der Waals surface area contributed by atoms with Crippen LogP contribution in [0.25, 0.3) is 0 Å². The molecule has 23 heavy (non-hydrogen) atoms. The molecule has 120 valence electrons. The number of nitrogens with two attached hydrogens (primary N) is 1. The highest BCUT2D eigenvalue weighted by Gasteiger charge is 2.30. The summed E-state index contributed by atoms with van der Waals surface area (Å²) in [5, 5.41) is 7.73. The minimum Gasteiger partial charge on any atom is -0.426 e. The molecular formula is C15H14N2O4S2. The molecule has 1 aliphatic heterocycles. The van der Waals surface area contributed by atoms with Gasteiger partial charge in [0.05, 0.1) is 9.79 Å². The summed E-state index contributed by atoms with van der Waals surface area (Å²) >= 11 is 1.14. The molecule has 2 aromatic rings. The van der Waals surface area contributed by atoms with E-state index in [-0.39, 0.29) is 4.90 Å². The van der Waals surface area contributed by atoms with Crippen LogP contribution in [0.1, 0.15) is 0 Å². The van der Waals surface area contributed by atoms with Crippen molar-refractivity contribution >= 4 is 33.4 Å². The summed E-state index contributed by atoms with van der Waals surface area (Å²) in [5.74, 6) is 0.00667. The van der Waals surface area contributed by atoms with Crippen molar-refractivity contribution in [2.45, 2.75) is 15.0 Å². The molecule has 0 aromatic heterocycles. The van der Waals surface area contributed by atoms with E-state index in [0.29, 0.717) is 22.9 Å². The molecule has 1 atom stereocenters. The van der Waals surface area contributed by atoms with E-state index < -0.39 is 21.2 Å². The number of primary sulfonamides is 1. The van der Waals surface area contributed by atoms with Gasteiger partial charge < -0.3 is 10.1 Å². The zero-order valence-electron chi connectivity index (χ0n) is 11.9. The van der Waals surface area contributed by atoms with Crippen LogP contribution in [0.4, 0.5) is 5.69 Å². The summed E-state index contributed by atoms with van der Waals surface area (Å²) in [6.07, 6.45) is 0. The molecule has 1 heterocycles. The van der Waals surface area contributed by atoms with Crippen LogP contribution < -0.4 is 15.2 Å². The van der Waals surface area contributed by atoms with Crippen molar-refractivity contribution < 1.29 is 17.9 Å². The monoisotopic (exact) mass is 350 g/mol. The maximum absolute atomic E-state index is 12.3. The molecule has 0 saturated heterocycles. The molecular weight excluding hydrogens is 336 g/mol. The molecule has 0 spiro atoms. The molecule has 0 radical (unpaired) electrons. The van der Waals surface area contributed by atoms with Crippen molar-refractivity contribution in [1.82, 2.24) is 0 Å². The molecule has 0 saturated carbocycles. The van der Waals surface area contributed by atoms with Gasteiger partial charge in [0.15, 0.2) is 0 Å². The highest BCUT2D eigenvalue weighted by atomic mass is 32.2. The summed E-state index contributed by atoms with van der Waals surface area (Å²) in [6.45, 7) is 0.345. The molecule has 0 amide bonds. The number of fused-ring (bicyclic) bond motifs is 1. The minimum atomic E-state index is -3.87. The lowest BCUT2D eigenvalue weighted by atomic mass is 10.3. The Labute approximate surface area is 138 Å². The molecule has 3 N–H and O–H groups in total. The molecule has 0 fully saturated rings. The first-order chi connectivity index (χ1) is 10.9. The predicted octanol–water partition coefficient (Wildman–Crippen LogP) is 1.83. The van der Waals surface area contributed by atoms with E-state index in [1.807, 2.05) is 6.07 Å². The zero-order chi connectivity index (χ0) is 16.4. The van der Waals surface area contributed by atoms with Gasteiger partial charge in [0.2, 0.25) is 10.0 Å². The summed E-state index contributed by atoms with van der Waals surface area (Å²) < 4.78 is 28.7. The fraction of sp³-hybridized carbons (Fsp3) is 0.133. The maximum Gasteiger partial charge on any atom is 0.326 e. The van der Waals surface area contributed by atoms with Gasteiger partial charge in [0.25, 0.3) is 0 Å². The lowest BCUT2D eigenvalue weighted by Crippen LogP contribution is -2.33. The van der Waals surface area contributed by atoms with Gasteiger partial charge in [0.1, 0.15) is 11.0 Å². The SMILES string of the molecule is NS(=O)(=O)c1cccc2c1SC(C(=O)Oc1ccccc1)CN2. The third-order valence-corrected chi connectivity index (χ3v) is 5.65. The van der Waals surface area contributed by atoms with Crippen molar-refractivity contribution in [3.05, 3.63) is 48.5 Å². The highest BCUT2D eigenvalue weighted by Crippen LogP contribution is 2.39. The largest absolute Gasteiger partial charge is 0.426 e. The van der Waals surface area contributed by atoms with Gasteiger partial charge in [-0.2, -0.15) is 0 Å². The number of hydrogen-bond acceptors (Lipinski definition) is 6. The van der Waals surface area contributed by atoms with E-state index in [0.717, 1.165) is 11.8 Å². The number of anilines is 1. The summed E-state index contributed by atoms with van der Waals surface area (Å²) in [7, 11) is -3.87. The van der Waals surface area contributed by atoms with E-state index in [2.05, 4.69) is 5.32 Å². The van der Waals surface area contributed by atoms with Gasteiger partial charge >= 0.3 is 5.97 Å². The number of ether oxygens (including phenoxy) is 1. The average Bonchev–Trinajstić information content (AvgIpc) is 2.53. The van der Waals surface area contributed by atoms with Gasteiger partial charge in [-0.25, -0.2) is 13.6 Å². The van der Waals surface area contributed by atoms with E-state index in [9.17, 15) is 13.2 Å². The number of benzene rings is 2. The third-order valence-electron chi connectivity index (χ3n) is 3.25. The Kier molecular flexibility index (Phi) is 4.29. The second-order valence-corrected chi connectivity index (χ2v) is 7.64. The fourth-order valence-corrected chi connectivity index (χ4v) is 4.37. The first-order valence-electron chi connectivity index (χ1n) is 6.78. The number of esters is 1. The van der Waals surface area contributed by atoms with Crippen LogP contribution in [0.2, 0.25) is 0 Å². The van der Waals surface area contributed by atoms with Gasteiger partial charge in [-0.15, -0.1) is 11.8 Å². The van der Waals surface area contributed by atoms with Crippen LogP contribution >= 0.6 is 11.8 Å². The van der Waals surface area contributed by atoms with Crippen LogP contribution in [0, 0.1) is 0 Å². The molecule has 1 aliphatic rings. The van der Waals surface area contributed by atoms with Crippen molar-refractivity contribution in [1.29, 1.82) is 0 Å². The lowest BCUT2D eigenvalue weighted by molar-refractivity contribution is -0.133. The number of rotatable bonds is 3. The number of sulfonamides is 1. The van der Waals surface area contributed by atoms with Crippen molar-refractivity contribution in [2.75, 3.05) is 11.9 Å². The lowest BCUT2D eigenvalue weighted by Gasteiger charge is -2.25. The molecule has 0 bridgehead atoms. The maximum atomic E-state index is 12.3. The van der Waals surface area contributed by atoms with Gasteiger partial charge in [-0.1, -0.05) is 24.3 Å². The molecule has 2 aromatic carbocycles. The second kappa shape index (κ2) is 6.23. The Hall–Kier alpha value is -2.03. The Morgan fingerprint density at radius 1 is 1.17 bits per heavy atom. The summed E-state index contributed by atoms with van der Waals surface area (Å²) in [6, 6.07) is 13.5. The number of nitrogens with one attached hydrogen (secondary N) is 1. The fourth-order valence-electron chi connectivity index (χ4n) is 2.19. The second-order valence-electron chi connectivity index (χ2n) is 4.90. The van der Waals surface area contributed by atoms with Crippen LogP contribution in [-0.4, -0.2) is 26.2 Å². The first-order valence-corrected chi connectivity index (χ1v) is 9.21. The first kappa shape index (κ1) is 15.9. The number of carbonyl (C=O) groups excluding carboxylic acids is 1. The normalized spacial score (nSPS) is 17.0. The molecule has 3 rings (SSSR count). The van der Waals surface area contributed by atoms with Crippen molar-refractivity contribution in [3.63, 3.8) is 0 Å². The van der Waals surface area contributed by atoms with Crippen LogP contribution in [-0.2, 0) is 14.8 Å². The molecule has 0 aliphatic carbocycles. The highest BCUT2D eigenvalue weighted by molar-refractivity contribution is 8.01. The average molecular weight is 350 g/mol. The number of para-hydroxylation sites is 1. The van der Waals surface area contributed by atoms with Crippen LogP contribution in [0.5, 0.6) is 5.75 Å². The standard InChI is InChI=1S/C15H14N2O4S2/c16-23(19,20)13-8-4-7-11-14(13)22-12(9-17-11)15(18)21-10-5-2-1-3-6-10/h1-8,12,17H,9H2,(H2,16,19,20). The summed E-state index contributed by atoms with van der Waals surface area (Å²) in [4.78, 5) is 12.7. The Bertz CT molecular complexity index is 838. The van der Waals surface area contributed by atoms with Gasteiger partial charge in [-0.3, -0.25) is 4.79 Å². The number of thioether (sulfide) groups is 1. The van der Waals surface area contributed by atoms with Gasteiger partial charge in [0, 0.05) is 12.2 Å². The van der Waals surface area contributed by atoms with E-state index in [1.54, 1.807) is 36.4 Å². The third kappa shape index (κ3) is 3.49. The topological polar surface area (TPSA) is 98.5 Å². The minimum absolute atomic E-state index is 0.00436. The predicted molar refractivity (Wildman–Crippen MR) is 88.0 cm³/mol.